The molecule has 0 saturated carbocycles. The summed E-state index contributed by atoms with van der Waals surface area (Å²) < 4.78 is 3.88. The Labute approximate surface area is 172 Å². The van der Waals surface area contributed by atoms with Gasteiger partial charge in [0.05, 0.1) is 11.3 Å². The van der Waals surface area contributed by atoms with Crippen LogP contribution in [0.3, 0.4) is 0 Å². The maximum absolute atomic E-state index is 12.9. The second-order valence-corrected chi connectivity index (χ2v) is 9.07. The summed E-state index contributed by atoms with van der Waals surface area (Å²) in [6.07, 6.45) is 6.51. The third-order valence-electron chi connectivity index (χ3n) is 5.88. The van der Waals surface area contributed by atoms with Crippen LogP contribution < -0.4 is 0 Å². The van der Waals surface area contributed by atoms with E-state index in [0.717, 1.165) is 50.5 Å². The van der Waals surface area contributed by atoms with E-state index in [9.17, 15) is 9.59 Å². The van der Waals surface area contributed by atoms with Crippen LogP contribution in [0.25, 0.3) is 0 Å². The van der Waals surface area contributed by atoms with Crippen molar-refractivity contribution in [3.8, 4) is 0 Å². The molecule has 2 fully saturated rings. The standard InChI is InChI=1S/C19H23N5O2S2/c1-13-15(28-22-21-13)18(26)24-11-7-19(12-24)5-9-23(10-6-19)17(25)14-4-3-8-20-16(14)27-2/h3-4,8H,5-7,9-12H2,1-2H3. The molecule has 4 heterocycles. The van der Waals surface area contributed by atoms with Gasteiger partial charge in [0.2, 0.25) is 0 Å². The molecule has 1 spiro atoms. The molecule has 0 aromatic carbocycles. The fourth-order valence-corrected chi connectivity index (χ4v) is 5.33. The second kappa shape index (κ2) is 7.79. The number of nitrogens with zero attached hydrogens (tertiary/aromatic N) is 5. The molecule has 0 N–H and O–H groups in total. The molecule has 2 amide bonds. The van der Waals surface area contributed by atoms with Crippen molar-refractivity contribution < 1.29 is 9.59 Å². The number of thioether (sulfide) groups is 1. The summed E-state index contributed by atoms with van der Waals surface area (Å²) in [5, 5.41) is 4.73. The van der Waals surface area contributed by atoms with Gasteiger partial charge in [-0.25, -0.2) is 4.98 Å². The van der Waals surface area contributed by atoms with E-state index in [2.05, 4.69) is 14.6 Å². The Bertz CT molecular complexity index is 892. The second-order valence-electron chi connectivity index (χ2n) is 7.52. The van der Waals surface area contributed by atoms with E-state index in [0.29, 0.717) is 16.1 Å². The Balaban J connectivity index is 1.40. The first-order valence-corrected chi connectivity index (χ1v) is 11.4. The average molecular weight is 418 g/mol. The minimum atomic E-state index is 0.0443. The van der Waals surface area contributed by atoms with Gasteiger partial charge in [-0.05, 0) is 61.5 Å². The lowest BCUT2D eigenvalue weighted by molar-refractivity contribution is 0.0562. The van der Waals surface area contributed by atoms with Crippen molar-refractivity contribution in [2.24, 2.45) is 5.41 Å². The van der Waals surface area contributed by atoms with E-state index in [1.807, 2.05) is 35.1 Å². The highest BCUT2D eigenvalue weighted by Gasteiger charge is 2.43. The van der Waals surface area contributed by atoms with E-state index in [1.54, 1.807) is 6.20 Å². The van der Waals surface area contributed by atoms with Gasteiger partial charge in [0.1, 0.15) is 9.90 Å². The minimum Gasteiger partial charge on any atom is -0.339 e. The Hall–Kier alpha value is -2.00. The highest BCUT2D eigenvalue weighted by Crippen LogP contribution is 2.41. The van der Waals surface area contributed by atoms with Crippen LogP contribution in [0.4, 0.5) is 0 Å². The molecule has 0 aliphatic carbocycles. The Morgan fingerprint density at radius 2 is 1.86 bits per heavy atom. The van der Waals surface area contributed by atoms with Crippen LogP contribution in [0.5, 0.6) is 0 Å². The van der Waals surface area contributed by atoms with Gasteiger partial charge in [0.15, 0.2) is 0 Å². The largest absolute Gasteiger partial charge is 0.339 e. The lowest BCUT2D eigenvalue weighted by Crippen LogP contribution is -2.44. The molecule has 0 radical (unpaired) electrons. The molecule has 0 unspecified atom stereocenters. The van der Waals surface area contributed by atoms with Crippen LogP contribution in [0.1, 0.15) is 45.0 Å². The Kier molecular flexibility index (Phi) is 5.37. The number of rotatable bonds is 3. The SMILES string of the molecule is CSc1ncccc1C(=O)N1CCC2(CC1)CCN(C(=O)c1snnc1C)C2. The molecule has 2 aliphatic heterocycles. The van der Waals surface area contributed by atoms with Crippen LogP contribution >= 0.6 is 23.3 Å². The molecular weight excluding hydrogens is 394 g/mol. The van der Waals surface area contributed by atoms with Crippen molar-refractivity contribution in [2.75, 3.05) is 32.4 Å². The molecule has 2 aliphatic rings. The number of piperidine rings is 1. The van der Waals surface area contributed by atoms with Gasteiger partial charge >= 0.3 is 0 Å². The maximum Gasteiger partial charge on any atom is 0.267 e. The highest BCUT2D eigenvalue weighted by molar-refractivity contribution is 7.98. The molecule has 4 rings (SSSR count). The number of aromatic nitrogens is 3. The lowest BCUT2D eigenvalue weighted by atomic mass is 9.77. The number of amides is 2. The van der Waals surface area contributed by atoms with Crippen molar-refractivity contribution in [1.82, 2.24) is 24.4 Å². The van der Waals surface area contributed by atoms with Crippen LogP contribution in [0.15, 0.2) is 23.4 Å². The van der Waals surface area contributed by atoms with E-state index in [-0.39, 0.29) is 17.2 Å². The number of likely N-dealkylation sites (tertiary alicyclic amines) is 2. The number of carbonyl (C=O) groups is 2. The molecule has 7 nitrogen and oxygen atoms in total. The summed E-state index contributed by atoms with van der Waals surface area (Å²) in [7, 11) is 0. The number of pyridine rings is 1. The zero-order valence-corrected chi connectivity index (χ0v) is 17.7. The summed E-state index contributed by atoms with van der Waals surface area (Å²) >= 11 is 2.67. The summed E-state index contributed by atoms with van der Waals surface area (Å²) in [4.78, 5) is 34.5. The van der Waals surface area contributed by atoms with Crippen molar-refractivity contribution in [1.29, 1.82) is 0 Å². The molecule has 0 atom stereocenters. The van der Waals surface area contributed by atoms with Crippen LogP contribution in [0, 0.1) is 12.3 Å². The summed E-state index contributed by atoms with van der Waals surface area (Å²) in [6.45, 7) is 4.81. The smallest absolute Gasteiger partial charge is 0.267 e. The monoisotopic (exact) mass is 417 g/mol. The highest BCUT2D eigenvalue weighted by atomic mass is 32.2. The topological polar surface area (TPSA) is 79.3 Å². The van der Waals surface area contributed by atoms with Gasteiger partial charge in [0.25, 0.3) is 11.8 Å². The van der Waals surface area contributed by atoms with Gasteiger partial charge in [-0.3, -0.25) is 9.59 Å². The van der Waals surface area contributed by atoms with Crippen LogP contribution in [-0.2, 0) is 0 Å². The predicted octanol–water partition coefficient (Wildman–Crippen LogP) is 2.73. The molecule has 28 heavy (non-hydrogen) atoms. The molecule has 2 aromatic rings. The van der Waals surface area contributed by atoms with Gasteiger partial charge in [-0.1, -0.05) is 4.49 Å². The fourth-order valence-electron chi connectivity index (χ4n) is 4.16. The van der Waals surface area contributed by atoms with Crippen molar-refractivity contribution in [3.63, 3.8) is 0 Å². The fraction of sp³-hybridized carbons (Fsp3) is 0.526. The van der Waals surface area contributed by atoms with Crippen molar-refractivity contribution >= 4 is 35.1 Å². The first kappa shape index (κ1) is 19.3. The van der Waals surface area contributed by atoms with Crippen molar-refractivity contribution in [2.45, 2.75) is 31.2 Å². The summed E-state index contributed by atoms with van der Waals surface area (Å²) in [6, 6.07) is 3.67. The van der Waals surface area contributed by atoms with E-state index >= 15 is 0 Å². The maximum atomic E-state index is 12.9. The van der Waals surface area contributed by atoms with Gasteiger partial charge in [-0.2, -0.15) is 0 Å². The first-order chi connectivity index (χ1) is 13.5. The van der Waals surface area contributed by atoms with Crippen LogP contribution in [-0.4, -0.2) is 68.6 Å². The predicted molar refractivity (Wildman–Crippen MR) is 109 cm³/mol. The first-order valence-electron chi connectivity index (χ1n) is 9.39. The number of hydrogen-bond acceptors (Lipinski definition) is 7. The van der Waals surface area contributed by atoms with Gasteiger partial charge in [0, 0.05) is 32.4 Å². The normalized spacial score (nSPS) is 18.6. The number of aryl methyl sites for hydroxylation is 1. The molecule has 0 bridgehead atoms. The van der Waals surface area contributed by atoms with E-state index in [4.69, 9.17) is 0 Å². The Morgan fingerprint density at radius 3 is 2.50 bits per heavy atom. The van der Waals surface area contributed by atoms with Gasteiger partial charge in [-0.15, -0.1) is 16.9 Å². The summed E-state index contributed by atoms with van der Waals surface area (Å²) in [5.41, 5.74) is 1.51. The number of carbonyl (C=O) groups excluding carboxylic acids is 2. The third-order valence-corrected chi connectivity index (χ3v) is 7.41. The zero-order valence-electron chi connectivity index (χ0n) is 16.1. The lowest BCUT2D eigenvalue weighted by Gasteiger charge is -2.39. The Morgan fingerprint density at radius 1 is 1.14 bits per heavy atom. The third kappa shape index (κ3) is 3.53. The van der Waals surface area contributed by atoms with E-state index in [1.165, 1.54) is 23.3 Å². The zero-order chi connectivity index (χ0) is 19.7. The minimum absolute atomic E-state index is 0.0443. The molecule has 2 aromatic heterocycles. The van der Waals surface area contributed by atoms with E-state index < -0.39 is 0 Å². The van der Waals surface area contributed by atoms with Gasteiger partial charge < -0.3 is 9.80 Å². The quantitative estimate of drug-likeness (QED) is 0.715. The molecule has 148 valence electrons. The molecular formula is C19H23N5O2S2. The summed E-state index contributed by atoms with van der Waals surface area (Å²) in [5.74, 6) is 0.104. The van der Waals surface area contributed by atoms with Crippen molar-refractivity contribution in [3.05, 3.63) is 34.5 Å². The van der Waals surface area contributed by atoms with Crippen LogP contribution in [0.2, 0.25) is 0 Å². The average Bonchev–Trinajstić information content (AvgIpc) is 3.34. The molecule has 2 saturated heterocycles. The molecule has 9 heteroatoms. The number of hydrogen-bond donors (Lipinski definition) is 0.